The average Bonchev–Trinajstić information content (AvgIpc) is 3.57. The van der Waals surface area contributed by atoms with Crippen LogP contribution in [0.1, 0.15) is 74.5 Å². The third-order valence-corrected chi connectivity index (χ3v) is 10.4. The Labute approximate surface area is 282 Å². The Bertz CT molecular complexity index is 1470. The number of halogens is 3. The van der Waals surface area contributed by atoms with Gasteiger partial charge in [0.1, 0.15) is 0 Å². The van der Waals surface area contributed by atoms with E-state index >= 15 is 0 Å². The summed E-state index contributed by atoms with van der Waals surface area (Å²) in [6, 6.07) is 24.5. The lowest BCUT2D eigenvalue weighted by Crippen LogP contribution is -2.57. The lowest BCUT2D eigenvalue weighted by molar-refractivity contribution is -0.136. The standard InChI is InChI=1S/C37H44F2N4O2.ClH.H2O/c38-32-16-15-30(25-33(32)39)36(18-17-34(44)43(27-36)26-28-9-3-1-4-10-28)19-22-42-23-20-37(21-24-42,29-11-5-2-6-12-29)41-35(45)40-31-13-7-8-14-31;;/h1-6,9-12,15-16,25,31H,7-8,13-14,17-24,26-27H2,(H2,40,41,45);1H;1H2. The molecule has 1 atom stereocenters. The molecular weight excluding hydrogens is 622 g/mol. The molecule has 4 N–H and O–H groups in total. The van der Waals surface area contributed by atoms with E-state index in [1.165, 1.54) is 12.1 Å². The number of nitrogens with zero attached hydrogens (tertiary/aromatic N) is 2. The first-order valence-electron chi connectivity index (χ1n) is 16.5. The zero-order chi connectivity index (χ0) is 31.3. The number of benzene rings is 3. The highest BCUT2D eigenvalue weighted by Gasteiger charge is 2.42. The number of rotatable bonds is 9. The maximum absolute atomic E-state index is 14.6. The summed E-state index contributed by atoms with van der Waals surface area (Å²) >= 11 is 0. The van der Waals surface area contributed by atoms with Crippen LogP contribution in [-0.2, 0) is 22.3 Å². The highest BCUT2D eigenvalue weighted by atomic mass is 35.5. The molecule has 3 aliphatic rings. The molecular formula is C37H47ClF2N4O3. The normalized spacial score (nSPS) is 21.4. The van der Waals surface area contributed by atoms with Crippen molar-refractivity contribution in [1.82, 2.24) is 20.4 Å². The zero-order valence-corrected chi connectivity index (χ0v) is 27.7. The van der Waals surface area contributed by atoms with Gasteiger partial charge in [-0.15, -0.1) is 12.4 Å². The number of carbonyl (C=O) groups is 2. The van der Waals surface area contributed by atoms with Crippen LogP contribution in [0.25, 0.3) is 0 Å². The van der Waals surface area contributed by atoms with Gasteiger partial charge in [-0.2, -0.15) is 0 Å². The van der Waals surface area contributed by atoms with Crippen LogP contribution in [0, 0.1) is 11.6 Å². The molecule has 6 rings (SSSR count). The van der Waals surface area contributed by atoms with Crippen LogP contribution in [0.2, 0.25) is 0 Å². The monoisotopic (exact) mass is 668 g/mol. The minimum atomic E-state index is -0.861. The molecule has 3 fully saturated rings. The maximum Gasteiger partial charge on any atom is 0.315 e. The zero-order valence-electron chi connectivity index (χ0n) is 26.9. The van der Waals surface area contributed by atoms with Gasteiger partial charge in [0, 0.05) is 44.1 Å². The van der Waals surface area contributed by atoms with Crippen LogP contribution in [0.5, 0.6) is 0 Å². The van der Waals surface area contributed by atoms with Gasteiger partial charge in [-0.1, -0.05) is 79.6 Å². The molecule has 1 unspecified atom stereocenters. The molecule has 1 aliphatic carbocycles. The van der Waals surface area contributed by atoms with E-state index in [1.54, 1.807) is 6.07 Å². The Hall–Kier alpha value is -3.53. The lowest BCUT2D eigenvalue weighted by atomic mass is 9.71. The Morgan fingerprint density at radius 3 is 2.17 bits per heavy atom. The van der Waals surface area contributed by atoms with E-state index in [0.717, 1.165) is 74.8 Å². The molecule has 3 aromatic carbocycles. The third-order valence-electron chi connectivity index (χ3n) is 10.4. The number of urea groups is 1. The quantitative estimate of drug-likeness (QED) is 0.282. The van der Waals surface area contributed by atoms with E-state index in [0.29, 0.717) is 32.4 Å². The van der Waals surface area contributed by atoms with Crippen molar-refractivity contribution in [3.05, 3.63) is 107 Å². The Morgan fingerprint density at radius 1 is 0.851 bits per heavy atom. The topological polar surface area (TPSA) is 96.2 Å². The fraction of sp³-hybridized carbons (Fsp3) is 0.459. The van der Waals surface area contributed by atoms with Gasteiger partial charge in [0.2, 0.25) is 5.91 Å². The van der Waals surface area contributed by atoms with Crippen molar-refractivity contribution in [2.45, 2.75) is 81.3 Å². The average molecular weight is 669 g/mol. The van der Waals surface area contributed by atoms with E-state index in [4.69, 9.17) is 0 Å². The lowest BCUT2D eigenvalue weighted by Gasteiger charge is -2.46. The number of nitrogens with one attached hydrogen (secondary N) is 2. The number of hydrogen-bond donors (Lipinski definition) is 2. The van der Waals surface area contributed by atoms with Gasteiger partial charge in [0.15, 0.2) is 11.6 Å². The van der Waals surface area contributed by atoms with Crippen molar-refractivity contribution >= 4 is 24.3 Å². The second-order valence-electron chi connectivity index (χ2n) is 13.3. The van der Waals surface area contributed by atoms with Crippen LogP contribution >= 0.6 is 12.4 Å². The van der Waals surface area contributed by atoms with Crippen molar-refractivity contribution in [2.75, 3.05) is 26.2 Å². The van der Waals surface area contributed by atoms with E-state index < -0.39 is 22.6 Å². The molecule has 254 valence electrons. The fourth-order valence-corrected chi connectivity index (χ4v) is 7.68. The summed E-state index contributed by atoms with van der Waals surface area (Å²) in [5.74, 6) is -1.63. The molecule has 1 saturated carbocycles. The van der Waals surface area contributed by atoms with E-state index in [-0.39, 0.29) is 35.9 Å². The Balaban J connectivity index is 0.00000250. The molecule has 2 heterocycles. The van der Waals surface area contributed by atoms with Gasteiger partial charge in [-0.3, -0.25) is 4.79 Å². The van der Waals surface area contributed by atoms with Crippen LogP contribution in [0.15, 0.2) is 78.9 Å². The number of hydrogen-bond acceptors (Lipinski definition) is 3. The summed E-state index contributed by atoms with van der Waals surface area (Å²) in [5, 5.41) is 6.59. The second kappa shape index (κ2) is 16.0. The number of carbonyl (C=O) groups excluding carboxylic acids is 2. The van der Waals surface area contributed by atoms with E-state index in [2.05, 4.69) is 27.7 Å². The molecule has 0 radical (unpaired) electrons. The van der Waals surface area contributed by atoms with Crippen molar-refractivity contribution < 1.29 is 23.8 Å². The SMILES string of the molecule is Cl.O.O=C(NC1CCCC1)NC1(c2ccccc2)CCN(CCC2(c3ccc(F)c(F)c3)CCC(=O)N(Cc3ccccc3)C2)CC1. The minimum absolute atomic E-state index is 0. The highest BCUT2D eigenvalue weighted by Crippen LogP contribution is 2.40. The molecule has 7 nitrogen and oxygen atoms in total. The van der Waals surface area contributed by atoms with E-state index in [9.17, 15) is 18.4 Å². The molecule has 0 aromatic heterocycles. The van der Waals surface area contributed by atoms with Gasteiger partial charge in [0.25, 0.3) is 0 Å². The first-order chi connectivity index (χ1) is 21.8. The largest absolute Gasteiger partial charge is 0.412 e. The van der Waals surface area contributed by atoms with Gasteiger partial charge in [0.05, 0.1) is 5.54 Å². The predicted octanol–water partition coefficient (Wildman–Crippen LogP) is 6.25. The van der Waals surface area contributed by atoms with Crippen LogP contribution in [-0.4, -0.2) is 59.4 Å². The van der Waals surface area contributed by atoms with Crippen LogP contribution in [0.4, 0.5) is 13.6 Å². The molecule has 3 amide bonds. The van der Waals surface area contributed by atoms with Gasteiger partial charge >= 0.3 is 6.03 Å². The Kier molecular flexibility index (Phi) is 12.4. The summed E-state index contributed by atoms with van der Waals surface area (Å²) < 4.78 is 28.6. The first kappa shape index (κ1) is 36.3. The number of amides is 3. The van der Waals surface area contributed by atoms with Gasteiger partial charge < -0.3 is 25.9 Å². The smallest absolute Gasteiger partial charge is 0.315 e. The summed E-state index contributed by atoms with van der Waals surface area (Å²) in [6.07, 6.45) is 7.60. The van der Waals surface area contributed by atoms with Crippen molar-refractivity contribution in [2.24, 2.45) is 0 Å². The molecule has 47 heavy (non-hydrogen) atoms. The fourth-order valence-electron chi connectivity index (χ4n) is 7.68. The summed E-state index contributed by atoms with van der Waals surface area (Å²) in [7, 11) is 0. The van der Waals surface area contributed by atoms with Gasteiger partial charge in [-0.05, 0) is 73.9 Å². The summed E-state index contributed by atoms with van der Waals surface area (Å²) in [5.41, 5.74) is 1.96. The molecule has 2 saturated heterocycles. The highest BCUT2D eigenvalue weighted by molar-refractivity contribution is 5.85. The summed E-state index contributed by atoms with van der Waals surface area (Å²) in [4.78, 5) is 30.6. The van der Waals surface area contributed by atoms with Crippen molar-refractivity contribution in [3.63, 3.8) is 0 Å². The first-order valence-corrected chi connectivity index (χ1v) is 16.5. The number of likely N-dealkylation sites (tertiary alicyclic amines) is 2. The molecule has 3 aromatic rings. The second-order valence-corrected chi connectivity index (χ2v) is 13.3. The van der Waals surface area contributed by atoms with Crippen molar-refractivity contribution in [3.8, 4) is 0 Å². The third kappa shape index (κ3) is 8.50. The molecule has 2 aliphatic heterocycles. The van der Waals surface area contributed by atoms with Crippen LogP contribution < -0.4 is 10.6 Å². The minimum Gasteiger partial charge on any atom is -0.412 e. The number of piperidine rings is 2. The summed E-state index contributed by atoms with van der Waals surface area (Å²) in [6.45, 7) is 3.28. The van der Waals surface area contributed by atoms with Crippen molar-refractivity contribution in [1.29, 1.82) is 0 Å². The van der Waals surface area contributed by atoms with Crippen LogP contribution in [0.3, 0.4) is 0 Å². The predicted molar refractivity (Wildman–Crippen MR) is 182 cm³/mol. The molecule has 10 heteroatoms. The van der Waals surface area contributed by atoms with E-state index in [1.807, 2.05) is 53.4 Å². The van der Waals surface area contributed by atoms with Gasteiger partial charge in [-0.25, -0.2) is 13.6 Å². The molecule has 0 bridgehead atoms. The molecule has 0 spiro atoms. The Morgan fingerprint density at radius 2 is 1.51 bits per heavy atom. The maximum atomic E-state index is 14.6.